The SMILES string of the molecule is C=C1[C@@H](O)CC[C@]2(C)[C@H]3CC[C@]4(C)[C@@]5([C@H](C)CC[C@@H](C)C(C)C)CCC(=O)C(C[C@@H]12)[C@@]34O5. The first-order valence-corrected chi connectivity index (χ1v) is 13.5. The van der Waals surface area contributed by atoms with Crippen LogP contribution in [0.1, 0.15) is 99.3 Å². The number of aliphatic hydroxyl groups excluding tert-OH is 1. The summed E-state index contributed by atoms with van der Waals surface area (Å²) < 4.78 is 7.36. The van der Waals surface area contributed by atoms with Gasteiger partial charge in [-0.1, -0.05) is 54.5 Å². The van der Waals surface area contributed by atoms with Gasteiger partial charge in [0.05, 0.1) is 17.3 Å². The molecule has 0 aromatic carbocycles. The van der Waals surface area contributed by atoms with E-state index in [1.807, 2.05) is 0 Å². The van der Waals surface area contributed by atoms with E-state index in [9.17, 15) is 9.90 Å². The number of hydrogen-bond donors (Lipinski definition) is 1. The van der Waals surface area contributed by atoms with Crippen molar-refractivity contribution in [2.75, 3.05) is 0 Å². The van der Waals surface area contributed by atoms with Gasteiger partial charge in [-0.25, -0.2) is 0 Å². The summed E-state index contributed by atoms with van der Waals surface area (Å²) in [5, 5.41) is 10.6. The molecule has 180 valence electrons. The Labute approximate surface area is 195 Å². The van der Waals surface area contributed by atoms with E-state index in [2.05, 4.69) is 48.1 Å². The van der Waals surface area contributed by atoms with Crippen molar-refractivity contribution < 1.29 is 14.6 Å². The van der Waals surface area contributed by atoms with E-state index < -0.39 is 6.10 Å². The van der Waals surface area contributed by atoms with Crippen LogP contribution in [0.2, 0.25) is 0 Å². The molecule has 10 atom stereocenters. The normalized spacial score (nSPS) is 51.5. The molecule has 0 aromatic heterocycles. The Balaban J connectivity index is 1.51. The van der Waals surface area contributed by atoms with Gasteiger partial charge < -0.3 is 9.84 Å². The predicted octanol–water partition coefficient (Wildman–Crippen LogP) is 6.34. The smallest absolute Gasteiger partial charge is 0.139 e. The molecule has 2 bridgehead atoms. The molecule has 4 saturated carbocycles. The lowest BCUT2D eigenvalue weighted by molar-refractivity contribution is -0.417. The first-order chi connectivity index (χ1) is 14.9. The molecular weight excluding hydrogens is 396 g/mol. The fourth-order valence-corrected chi connectivity index (χ4v) is 9.70. The molecule has 0 amide bonds. The minimum Gasteiger partial charge on any atom is -0.389 e. The largest absolute Gasteiger partial charge is 0.389 e. The van der Waals surface area contributed by atoms with Gasteiger partial charge >= 0.3 is 0 Å². The minimum atomic E-state index is -0.403. The maximum absolute atomic E-state index is 13.7. The quantitative estimate of drug-likeness (QED) is 0.506. The van der Waals surface area contributed by atoms with Gasteiger partial charge in [-0.05, 0) is 85.5 Å². The van der Waals surface area contributed by atoms with Crippen molar-refractivity contribution in [1.82, 2.24) is 0 Å². The van der Waals surface area contributed by atoms with Crippen molar-refractivity contribution in [1.29, 1.82) is 0 Å². The molecule has 5 aliphatic rings. The third-order valence-corrected chi connectivity index (χ3v) is 12.1. The number of Topliss-reactive ketones (excluding diaryl/α,β-unsaturated/α-hetero) is 1. The highest BCUT2D eigenvalue weighted by atomic mass is 16.6. The van der Waals surface area contributed by atoms with Crippen LogP contribution in [-0.4, -0.2) is 28.2 Å². The lowest BCUT2D eigenvalue weighted by Gasteiger charge is -2.75. The molecule has 1 aliphatic heterocycles. The summed E-state index contributed by atoms with van der Waals surface area (Å²) in [4.78, 5) is 13.7. The number of fused-ring (bicyclic) bond motifs is 2. The third-order valence-electron chi connectivity index (χ3n) is 12.1. The van der Waals surface area contributed by atoms with Gasteiger partial charge in [0.1, 0.15) is 5.78 Å². The van der Waals surface area contributed by atoms with Crippen LogP contribution in [0, 0.1) is 46.3 Å². The molecular formula is C29H46O3. The molecule has 1 saturated heterocycles. The summed E-state index contributed by atoms with van der Waals surface area (Å²) in [5.74, 6) is 2.99. The Morgan fingerprint density at radius 1 is 1.06 bits per heavy atom. The molecule has 3 nitrogen and oxygen atoms in total. The first-order valence-electron chi connectivity index (χ1n) is 13.5. The van der Waals surface area contributed by atoms with Crippen LogP contribution in [0.4, 0.5) is 0 Å². The van der Waals surface area contributed by atoms with E-state index >= 15 is 0 Å². The lowest BCUT2D eigenvalue weighted by atomic mass is 9.41. The Hall–Kier alpha value is -0.670. The highest BCUT2D eigenvalue weighted by Crippen LogP contribution is 2.81. The zero-order chi connectivity index (χ0) is 23.3. The lowest BCUT2D eigenvalue weighted by Crippen LogP contribution is -2.81. The Morgan fingerprint density at radius 3 is 2.47 bits per heavy atom. The Morgan fingerprint density at radius 2 is 1.78 bits per heavy atom. The molecule has 5 rings (SSSR count). The molecule has 3 heteroatoms. The number of carbonyl (C=O) groups is 1. The second kappa shape index (κ2) is 7.17. The summed E-state index contributed by atoms with van der Waals surface area (Å²) in [6, 6.07) is 0. The van der Waals surface area contributed by atoms with Gasteiger partial charge in [0.2, 0.25) is 0 Å². The van der Waals surface area contributed by atoms with Crippen molar-refractivity contribution in [3.63, 3.8) is 0 Å². The monoisotopic (exact) mass is 442 g/mol. The molecule has 4 aliphatic carbocycles. The maximum atomic E-state index is 13.7. The van der Waals surface area contributed by atoms with Gasteiger partial charge in [0, 0.05) is 17.8 Å². The molecule has 1 heterocycles. The Bertz CT molecular complexity index is 817. The summed E-state index contributed by atoms with van der Waals surface area (Å²) in [7, 11) is 0. The number of carbonyl (C=O) groups excluding carboxylic acids is 1. The van der Waals surface area contributed by atoms with Crippen LogP contribution in [-0.2, 0) is 9.53 Å². The van der Waals surface area contributed by atoms with Crippen LogP contribution in [0.15, 0.2) is 12.2 Å². The standard InChI is InChI=1S/C29H46O3/c1-17(2)18(3)8-9-19(4)28-15-11-24(31)22-16-21-20(5)23(30)10-13-26(21,6)25-12-14-27(28,7)29(22,25)32-28/h17-19,21-23,25,30H,5,8-16H2,1-4,6-7H3/t18-,19-,21+,22?,23+,25-,26+,27-,28+,29-/m1/s1. The average molecular weight is 443 g/mol. The van der Waals surface area contributed by atoms with Crippen LogP contribution < -0.4 is 0 Å². The highest BCUT2D eigenvalue weighted by Gasteiger charge is 2.85. The van der Waals surface area contributed by atoms with Crippen molar-refractivity contribution in [2.45, 2.75) is 117 Å². The molecule has 32 heavy (non-hydrogen) atoms. The van der Waals surface area contributed by atoms with Gasteiger partial charge in [-0.15, -0.1) is 0 Å². The average Bonchev–Trinajstić information content (AvgIpc) is 2.86. The molecule has 1 unspecified atom stereocenters. The fourth-order valence-electron chi connectivity index (χ4n) is 9.70. The molecule has 0 radical (unpaired) electrons. The highest BCUT2D eigenvalue weighted by molar-refractivity contribution is 5.84. The van der Waals surface area contributed by atoms with Crippen molar-refractivity contribution in [2.24, 2.45) is 46.3 Å². The van der Waals surface area contributed by atoms with Crippen molar-refractivity contribution >= 4 is 5.78 Å². The first kappa shape index (κ1) is 23.1. The van der Waals surface area contributed by atoms with E-state index in [0.29, 0.717) is 30.0 Å². The molecule has 1 N–H and O–H groups in total. The van der Waals surface area contributed by atoms with Gasteiger partial charge in [-0.2, -0.15) is 0 Å². The zero-order valence-electron chi connectivity index (χ0n) is 21.4. The number of ether oxygens (including phenoxy) is 1. The number of rotatable bonds is 5. The van der Waals surface area contributed by atoms with Crippen molar-refractivity contribution in [3.05, 3.63) is 12.2 Å². The van der Waals surface area contributed by atoms with Crippen LogP contribution in [0.3, 0.4) is 0 Å². The van der Waals surface area contributed by atoms with E-state index in [1.54, 1.807) is 0 Å². The van der Waals surface area contributed by atoms with Crippen LogP contribution in [0.25, 0.3) is 0 Å². The topological polar surface area (TPSA) is 46.5 Å². The molecule has 1 spiro atoms. The third kappa shape index (κ3) is 2.54. The van der Waals surface area contributed by atoms with Gasteiger partial charge in [0.15, 0.2) is 0 Å². The Kier molecular flexibility index (Phi) is 5.17. The number of ketones is 1. The summed E-state index contributed by atoms with van der Waals surface area (Å²) in [5.41, 5.74) is 0.745. The molecule has 5 fully saturated rings. The van der Waals surface area contributed by atoms with E-state index in [0.717, 1.165) is 43.6 Å². The summed E-state index contributed by atoms with van der Waals surface area (Å²) in [6.45, 7) is 18.7. The maximum Gasteiger partial charge on any atom is 0.139 e. The number of hydrogen-bond acceptors (Lipinski definition) is 3. The van der Waals surface area contributed by atoms with Gasteiger partial charge in [-0.3, -0.25) is 4.79 Å². The zero-order valence-corrected chi connectivity index (χ0v) is 21.4. The second-order valence-electron chi connectivity index (χ2n) is 13.4. The minimum absolute atomic E-state index is 0.0162. The molecule has 0 aromatic rings. The fraction of sp³-hybridized carbons (Fsp3) is 0.897. The predicted molar refractivity (Wildman–Crippen MR) is 128 cm³/mol. The van der Waals surface area contributed by atoms with E-state index in [-0.39, 0.29) is 33.9 Å². The van der Waals surface area contributed by atoms with Gasteiger partial charge in [0.25, 0.3) is 0 Å². The van der Waals surface area contributed by atoms with E-state index in [4.69, 9.17) is 4.74 Å². The second-order valence-corrected chi connectivity index (χ2v) is 13.4. The van der Waals surface area contributed by atoms with Crippen LogP contribution in [0.5, 0.6) is 0 Å². The van der Waals surface area contributed by atoms with Crippen LogP contribution >= 0.6 is 0 Å². The summed E-state index contributed by atoms with van der Waals surface area (Å²) >= 11 is 0. The van der Waals surface area contributed by atoms with E-state index in [1.165, 1.54) is 19.3 Å². The van der Waals surface area contributed by atoms with Crippen molar-refractivity contribution in [3.8, 4) is 0 Å². The summed E-state index contributed by atoms with van der Waals surface area (Å²) in [6.07, 6.45) is 8.61. The number of aliphatic hydroxyl groups is 1.